The first kappa shape index (κ1) is 21.0. The summed E-state index contributed by atoms with van der Waals surface area (Å²) in [6.45, 7) is 8.64. The lowest BCUT2D eigenvalue weighted by Crippen LogP contribution is -2.49. The summed E-state index contributed by atoms with van der Waals surface area (Å²) < 4.78 is 9.78. The van der Waals surface area contributed by atoms with Crippen molar-refractivity contribution in [2.75, 3.05) is 7.11 Å². The van der Waals surface area contributed by atoms with Gasteiger partial charge in [-0.15, -0.1) is 0 Å². The van der Waals surface area contributed by atoms with E-state index in [4.69, 9.17) is 4.74 Å². The average molecular weight is 387 g/mol. The Morgan fingerprint density at radius 1 is 1.21 bits per heavy atom. The number of amides is 2. The Morgan fingerprint density at radius 3 is 2.54 bits per heavy atom. The molecular weight excluding hydrogens is 362 g/mol. The monoisotopic (exact) mass is 387 g/mol. The Hall–Kier alpha value is -3.29. The topological polar surface area (TPSA) is 110 Å². The molecule has 2 amide bonds. The zero-order chi connectivity index (χ0) is 20.9. The number of nitrogens with one attached hydrogen (secondary N) is 3. The number of rotatable bonds is 6. The van der Waals surface area contributed by atoms with E-state index in [0.29, 0.717) is 0 Å². The number of para-hydroxylation sites is 1. The minimum absolute atomic E-state index is 0.184. The standard InChI is InChI=1S/C20H25N3O5/c1-12(18(25)27-5)22-17(24)16(23-19(26)28-20(2,3)4)10-13-11-21-15-9-7-6-8-14(13)15/h6-9,11,16,21H,1,10H2,2-5H3,(H,22,24)(H,23,26)/t16-/m0/s1. The summed E-state index contributed by atoms with van der Waals surface area (Å²) in [6, 6.07) is 6.61. The van der Waals surface area contributed by atoms with Crippen molar-refractivity contribution in [1.29, 1.82) is 0 Å². The zero-order valence-electron chi connectivity index (χ0n) is 16.4. The lowest BCUT2D eigenvalue weighted by molar-refractivity contribution is -0.138. The van der Waals surface area contributed by atoms with Crippen molar-refractivity contribution in [2.45, 2.75) is 38.8 Å². The van der Waals surface area contributed by atoms with E-state index < -0.39 is 29.6 Å². The van der Waals surface area contributed by atoms with Crippen molar-refractivity contribution in [3.05, 3.63) is 48.3 Å². The Bertz CT molecular complexity index is 895. The predicted molar refractivity (Wildman–Crippen MR) is 104 cm³/mol. The highest BCUT2D eigenvalue weighted by molar-refractivity contribution is 5.96. The number of ether oxygens (including phenoxy) is 2. The highest BCUT2D eigenvalue weighted by Crippen LogP contribution is 2.19. The van der Waals surface area contributed by atoms with Crippen LogP contribution in [-0.2, 0) is 25.5 Å². The van der Waals surface area contributed by atoms with Gasteiger partial charge in [0.2, 0.25) is 5.91 Å². The molecule has 28 heavy (non-hydrogen) atoms. The van der Waals surface area contributed by atoms with E-state index in [2.05, 4.69) is 26.9 Å². The van der Waals surface area contributed by atoms with Crippen LogP contribution in [0.15, 0.2) is 42.7 Å². The van der Waals surface area contributed by atoms with E-state index in [1.54, 1.807) is 27.0 Å². The molecule has 1 atom stereocenters. The molecular formula is C20H25N3O5. The lowest BCUT2D eigenvalue weighted by Gasteiger charge is -2.23. The molecule has 0 aliphatic rings. The van der Waals surface area contributed by atoms with Gasteiger partial charge in [0.25, 0.3) is 0 Å². The summed E-state index contributed by atoms with van der Waals surface area (Å²) in [5.74, 6) is -1.37. The molecule has 0 aliphatic carbocycles. The number of fused-ring (bicyclic) bond motifs is 1. The first-order valence-electron chi connectivity index (χ1n) is 8.73. The molecule has 0 saturated carbocycles. The van der Waals surface area contributed by atoms with Gasteiger partial charge in [0, 0.05) is 23.5 Å². The van der Waals surface area contributed by atoms with Crippen LogP contribution in [0.25, 0.3) is 10.9 Å². The van der Waals surface area contributed by atoms with E-state index in [1.165, 1.54) is 7.11 Å². The van der Waals surface area contributed by atoms with Gasteiger partial charge in [-0.05, 0) is 32.4 Å². The third kappa shape index (κ3) is 5.60. The fraction of sp³-hybridized carbons (Fsp3) is 0.350. The van der Waals surface area contributed by atoms with E-state index in [0.717, 1.165) is 16.5 Å². The third-order valence-corrected chi connectivity index (χ3v) is 3.81. The van der Waals surface area contributed by atoms with Crippen molar-refractivity contribution in [3.8, 4) is 0 Å². The van der Waals surface area contributed by atoms with E-state index in [-0.39, 0.29) is 12.1 Å². The quantitative estimate of drug-likeness (QED) is 0.521. The predicted octanol–water partition coefficient (Wildman–Crippen LogP) is 2.41. The molecule has 0 aliphatic heterocycles. The molecule has 1 aromatic heterocycles. The summed E-state index contributed by atoms with van der Waals surface area (Å²) in [4.78, 5) is 39.5. The molecule has 8 nitrogen and oxygen atoms in total. The van der Waals surface area contributed by atoms with Gasteiger partial charge in [-0.25, -0.2) is 9.59 Å². The van der Waals surface area contributed by atoms with Crippen LogP contribution in [0.5, 0.6) is 0 Å². The molecule has 1 aromatic carbocycles. The van der Waals surface area contributed by atoms with Gasteiger partial charge >= 0.3 is 12.1 Å². The van der Waals surface area contributed by atoms with E-state index in [9.17, 15) is 14.4 Å². The van der Waals surface area contributed by atoms with Gasteiger partial charge in [-0.1, -0.05) is 24.8 Å². The molecule has 8 heteroatoms. The number of hydrogen-bond acceptors (Lipinski definition) is 5. The molecule has 0 spiro atoms. The zero-order valence-corrected chi connectivity index (χ0v) is 16.4. The van der Waals surface area contributed by atoms with Crippen molar-refractivity contribution in [3.63, 3.8) is 0 Å². The average Bonchev–Trinajstić information content (AvgIpc) is 3.01. The smallest absolute Gasteiger partial charge is 0.408 e. The molecule has 0 unspecified atom stereocenters. The van der Waals surface area contributed by atoms with Crippen molar-refractivity contribution < 1.29 is 23.9 Å². The van der Waals surface area contributed by atoms with Crippen LogP contribution in [0.3, 0.4) is 0 Å². The molecule has 0 radical (unpaired) electrons. The maximum atomic E-state index is 12.7. The Balaban J connectivity index is 2.22. The second-order valence-electron chi connectivity index (χ2n) is 7.22. The van der Waals surface area contributed by atoms with Crippen LogP contribution in [0.1, 0.15) is 26.3 Å². The van der Waals surface area contributed by atoms with Crippen LogP contribution in [-0.4, -0.2) is 41.7 Å². The number of benzene rings is 1. The molecule has 0 bridgehead atoms. The van der Waals surface area contributed by atoms with Crippen molar-refractivity contribution >= 4 is 28.9 Å². The highest BCUT2D eigenvalue weighted by Gasteiger charge is 2.27. The number of carbonyl (C=O) groups excluding carboxylic acids is 3. The fourth-order valence-electron chi connectivity index (χ4n) is 2.59. The van der Waals surface area contributed by atoms with E-state index >= 15 is 0 Å². The Kier molecular flexibility index (Phi) is 6.45. The molecule has 2 aromatic rings. The van der Waals surface area contributed by atoms with Gasteiger partial charge in [0.15, 0.2) is 0 Å². The van der Waals surface area contributed by atoms with Gasteiger partial charge in [0.05, 0.1) is 7.11 Å². The maximum absolute atomic E-state index is 12.7. The fourth-order valence-corrected chi connectivity index (χ4v) is 2.59. The maximum Gasteiger partial charge on any atom is 0.408 e. The summed E-state index contributed by atoms with van der Waals surface area (Å²) >= 11 is 0. The second-order valence-corrected chi connectivity index (χ2v) is 7.22. The Morgan fingerprint density at radius 2 is 1.89 bits per heavy atom. The van der Waals surface area contributed by atoms with Crippen molar-refractivity contribution in [1.82, 2.24) is 15.6 Å². The van der Waals surface area contributed by atoms with Gasteiger partial charge in [0.1, 0.15) is 17.3 Å². The Labute approximate surface area is 163 Å². The van der Waals surface area contributed by atoms with Crippen LogP contribution in [0.2, 0.25) is 0 Å². The highest BCUT2D eigenvalue weighted by atomic mass is 16.6. The first-order chi connectivity index (χ1) is 13.1. The second kappa shape index (κ2) is 8.60. The van der Waals surface area contributed by atoms with E-state index in [1.807, 2.05) is 24.3 Å². The van der Waals surface area contributed by atoms with Crippen LogP contribution < -0.4 is 10.6 Å². The number of esters is 1. The largest absolute Gasteiger partial charge is 0.464 e. The third-order valence-electron chi connectivity index (χ3n) is 3.81. The number of hydrogen-bond donors (Lipinski definition) is 3. The number of carbonyl (C=O) groups is 3. The SMILES string of the molecule is C=C(NC(=O)[C@H](Cc1c[nH]c2ccccc12)NC(=O)OC(C)(C)C)C(=O)OC. The van der Waals surface area contributed by atoms with Gasteiger partial charge in [-0.2, -0.15) is 0 Å². The van der Waals surface area contributed by atoms with Crippen LogP contribution in [0.4, 0.5) is 4.79 Å². The molecule has 3 N–H and O–H groups in total. The molecule has 2 rings (SSSR count). The first-order valence-corrected chi connectivity index (χ1v) is 8.73. The minimum Gasteiger partial charge on any atom is -0.464 e. The minimum atomic E-state index is -0.990. The van der Waals surface area contributed by atoms with Gasteiger partial charge in [-0.3, -0.25) is 4.79 Å². The molecule has 1 heterocycles. The molecule has 0 fully saturated rings. The lowest BCUT2D eigenvalue weighted by atomic mass is 10.0. The number of aromatic amines is 1. The summed E-state index contributed by atoms with van der Waals surface area (Å²) in [5.41, 5.74) is 0.799. The number of alkyl carbamates (subject to hydrolysis) is 1. The number of H-pyrrole nitrogens is 1. The summed E-state index contributed by atoms with van der Waals surface area (Å²) in [6.07, 6.45) is 1.22. The van der Waals surface area contributed by atoms with Crippen LogP contribution >= 0.6 is 0 Å². The summed E-state index contributed by atoms with van der Waals surface area (Å²) in [5, 5.41) is 5.86. The number of methoxy groups -OCH3 is 1. The summed E-state index contributed by atoms with van der Waals surface area (Å²) in [7, 11) is 1.18. The van der Waals surface area contributed by atoms with Crippen LogP contribution in [0, 0.1) is 0 Å². The molecule has 150 valence electrons. The normalized spacial score (nSPS) is 12.1. The number of aromatic nitrogens is 1. The van der Waals surface area contributed by atoms with Gasteiger partial charge < -0.3 is 25.1 Å². The van der Waals surface area contributed by atoms with Crippen molar-refractivity contribution in [2.24, 2.45) is 0 Å². The molecule has 0 saturated heterocycles.